The van der Waals surface area contributed by atoms with E-state index in [2.05, 4.69) is 18.8 Å². The summed E-state index contributed by atoms with van der Waals surface area (Å²) in [6.07, 6.45) is 1.16. The van der Waals surface area contributed by atoms with Crippen LogP contribution in [0.5, 0.6) is 0 Å². The van der Waals surface area contributed by atoms with Gasteiger partial charge in [-0.05, 0) is 35.4 Å². The fourth-order valence-electron chi connectivity index (χ4n) is 4.75. The molecule has 4 heteroatoms. The van der Waals surface area contributed by atoms with Gasteiger partial charge in [-0.2, -0.15) is 0 Å². The summed E-state index contributed by atoms with van der Waals surface area (Å²) in [6.45, 7) is 5.88. The summed E-state index contributed by atoms with van der Waals surface area (Å²) in [5, 5.41) is 9.91. The molecule has 2 atom stereocenters. The molecule has 1 fully saturated rings. The second-order valence-electron chi connectivity index (χ2n) is 8.83. The fraction of sp³-hybridized carbons (Fsp3) is 0.320. The summed E-state index contributed by atoms with van der Waals surface area (Å²) in [4.78, 5) is 29.8. The Kier molecular flexibility index (Phi) is 4.73. The number of carbonyl (C=O) groups excluding carboxylic acids is 1. The highest BCUT2D eigenvalue weighted by Crippen LogP contribution is 2.46. The molecule has 148 valence electrons. The van der Waals surface area contributed by atoms with Crippen LogP contribution < -0.4 is 0 Å². The van der Waals surface area contributed by atoms with Crippen LogP contribution in [0.4, 0.5) is 0 Å². The number of hydrogen-bond acceptors (Lipinski definition) is 3. The molecule has 0 bridgehead atoms. The molecule has 29 heavy (non-hydrogen) atoms. The van der Waals surface area contributed by atoms with E-state index in [0.717, 1.165) is 22.4 Å². The highest BCUT2D eigenvalue weighted by molar-refractivity contribution is 6.12. The Morgan fingerprint density at radius 1 is 0.966 bits per heavy atom. The van der Waals surface area contributed by atoms with Gasteiger partial charge in [0.25, 0.3) is 0 Å². The number of nitrogens with zero attached hydrogens (tertiary/aromatic N) is 1. The van der Waals surface area contributed by atoms with Gasteiger partial charge in [0.15, 0.2) is 0 Å². The Bertz CT molecular complexity index is 1030. The van der Waals surface area contributed by atoms with Crippen molar-refractivity contribution in [2.45, 2.75) is 39.5 Å². The average Bonchev–Trinajstić information content (AvgIpc) is 2.66. The van der Waals surface area contributed by atoms with E-state index in [1.54, 1.807) is 6.92 Å². The first-order valence-corrected chi connectivity index (χ1v) is 9.96. The van der Waals surface area contributed by atoms with Crippen LogP contribution >= 0.6 is 0 Å². The van der Waals surface area contributed by atoms with Crippen LogP contribution in [0.25, 0.3) is 11.1 Å². The Hall–Kier alpha value is -3.01. The number of carboxylic acid groups (broad SMARTS) is 1. The van der Waals surface area contributed by atoms with Crippen LogP contribution in [-0.2, 0) is 9.59 Å². The Morgan fingerprint density at radius 3 is 2.21 bits per heavy atom. The number of hydrogen-bond donors (Lipinski definition) is 1. The number of ketones is 1. The Labute approximate surface area is 171 Å². The van der Waals surface area contributed by atoms with Crippen molar-refractivity contribution >= 4 is 17.5 Å². The zero-order chi connectivity index (χ0) is 20.8. The van der Waals surface area contributed by atoms with Crippen molar-refractivity contribution in [2.75, 3.05) is 0 Å². The van der Waals surface area contributed by atoms with Crippen LogP contribution in [0.3, 0.4) is 0 Å². The van der Waals surface area contributed by atoms with Gasteiger partial charge in [-0.15, -0.1) is 0 Å². The van der Waals surface area contributed by atoms with Crippen molar-refractivity contribution in [1.29, 1.82) is 0 Å². The van der Waals surface area contributed by atoms with E-state index in [-0.39, 0.29) is 16.8 Å². The molecule has 0 saturated heterocycles. The van der Waals surface area contributed by atoms with Crippen molar-refractivity contribution < 1.29 is 14.7 Å². The van der Waals surface area contributed by atoms with Crippen molar-refractivity contribution in [1.82, 2.24) is 0 Å². The molecule has 1 saturated carbocycles. The molecular formula is C25H25NO3. The molecule has 2 unspecified atom stereocenters. The van der Waals surface area contributed by atoms with E-state index in [1.165, 1.54) is 0 Å². The molecule has 1 aliphatic carbocycles. The zero-order valence-electron chi connectivity index (χ0n) is 17.0. The van der Waals surface area contributed by atoms with Gasteiger partial charge >= 0.3 is 5.97 Å². The van der Waals surface area contributed by atoms with Gasteiger partial charge < -0.3 is 5.11 Å². The molecule has 1 N–H and O–H groups in total. The van der Waals surface area contributed by atoms with E-state index < -0.39 is 17.8 Å². The van der Waals surface area contributed by atoms with Crippen LogP contribution in [-0.4, -0.2) is 22.6 Å². The SMILES string of the molecule is CC1=C(C(=O)O)C(c2ccc(-c3ccccc3)cc2)C2C(=O)CC(C)(C)CC2=N1. The van der Waals surface area contributed by atoms with Crippen LogP contribution in [0.1, 0.15) is 45.1 Å². The average molecular weight is 387 g/mol. The molecular weight excluding hydrogens is 362 g/mol. The lowest BCUT2D eigenvalue weighted by molar-refractivity contribution is -0.133. The number of Topliss-reactive ketones (excluding diaryl/α,β-unsaturated/α-hetero) is 1. The van der Waals surface area contributed by atoms with E-state index in [4.69, 9.17) is 0 Å². The Morgan fingerprint density at radius 2 is 1.59 bits per heavy atom. The van der Waals surface area contributed by atoms with Crippen molar-refractivity contribution in [3.8, 4) is 11.1 Å². The molecule has 0 spiro atoms. The summed E-state index contributed by atoms with van der Waals surface area (Å²) < 4.78 is 0. The predicted octanol–water partition coefficient (Wildman–Crippen LogP) is 5.26. The quantitative estimate of drug-likeness (QED) is 0.781. The topological polar surface area (TPSA) is 66.7 Å². The Balaban J connectivity index is 1.79. The zero-order valence-corrected chi connectivity index (χ0v) is 17.0. The van der Waals surface area contributed by atoms with E-state index >= 15 is 0 Å². The maximum atomic E-state index is 13.1. The number of carboxylic acids is 1. The van der Waals surface area contributed by atoms with E-state index in [9.17, 15) is 14.7 Å². The number of carbonyl (C=O) groups is 2. The van der Waals surface area contributed by atoms with Crippen molar-refractivity contribution in [2.24, 2.45) is 16.3 Å². The third-order valence-corrected chi connectivity index (χ3v) is 5.97. The second kappa shape index (κ2) is 7.11. The minimum absolute atomic E-state index is 0.0865. The van der Waals surface area contributed by atoms with Crippen LogP contribution in [0.2, 0.25) is 0 Å². The molecule has 4 nitrogen and oxygen atoms in total. The fourth-order valence-corrected chi connectivity index (χ4v) is 4.75. The minimum Gasteiger partial charge on any atom is -0.478 e. The predicted molar refractivity (Wildman–Crippen MR) is 114 cm³/mol. The summed E-state index contributed by atoms with van der Waals surface area (Å²) in [7, 11) is 0. The van der Waals surface area contributed by atoms with Gasteiger partial charge in [-0.1, -0.05) is 68.4 Å². The number of allylic oxidation sites excluding steroid dienone is 1. The standard InChI is InChI=1S/C25H25NO3/c1-15-21(24(28)29)22(23-19(26-15)13-25(2,3)14-20(23)27)18-11-9-17(10-12-18)16-7-5-4-6-8-16/h4-12,22-23H,13-14H2,1-3H3,(H,28,29). The molecule has 0 aromatic heterocycles. The molecule has 2 aliphatic rings. The number of rotatable bonds is 3. The maximum Gasteiger partial charge on any atom is 0.334 e. The van der Waals surface area contributed by atoms with E-state index in [0.29, 0.717) is 18.5 Å². The van der Waals surface area contributed by atoms with Gasteiger partial charge in [-0.25, -0.2) is 4.79 Å². The smallest absolute Gasteiger partial charge is 0.334 e. The molecule has 2 aromatic carbocycles. The number of aliphatic imine (C=N–C) groups is 1. The first-order chi connectivity index (χ1) is 13.8. The second-order valence-corrected chi connectivity index (χ2v) is 8.83. The van der Waals surface area contributed by atoms with Gasteiger partial charge in [-0.3, -0.25) is 9.79 Å². The number of benzene rings is 2. The van der Waals surface area contributed by atoms with Gasteiger partial charge in [0.1, 0.15) is 5.78 Å². The van der Waals surface area contributed by atoms with Crippen LogP contribution in [0, 0.1) is 11.3 Å². The van der Waals surface area contributed by atoms with E-state index in [1.807, 2.05) is 54.6 Å². The van der Waals surface area contributed by atoms with Gasteiger partial charge in [0.05, 0.1) is 11.5 Å². The summed E-state index contributed by atoms with van der Waals surface area (Å²) in [5.74, 6) is -1.89. The number of fused-ring (bicyclic) bond motifs is 1. The summed E-state index contributed by atoms with van der Waals surface area (Å²) >= 11 is 0. The molecule has 1 aliphatic heterocycles. The van der Waals surface area contributed by atoms with Gasteiger partial charge in [0.2, 0.25) is 0 Å². The van der Waals surface area contributed by atoms with Crippen LogP contribution in [0.15, 0.2) is 70.9 Å². The highest BCUT2D eigenvalue weighted by Gasteiger charge is 2.47. The third-order valence-electron chi connectivity index (χ3n) is 5.97. The largest absolute Gasteiger partial charge is 0.478 e. The minimum atomic E-state index is -1.000. The first kappa shape index (κ1) is 19.3. The lowest BCUT2D eigenvalue weighted by Crippen LogP contribution is -2.43. The van der Waals surface area contributed by atoms with Gasteiger partial charge in [0, 0.05) is 23.7 Å². The van der Waals surface area contributed by atoms with Crippen molar-refractivity contribution in [3.05, 3.63) is 71.4 Å². The highest BCUT2D eigenvalue weighted by atomic mass is 16.4. The molecule has 4 rings (SSSR count). The third kappa shape index (κ3) is 3.55. The monoisotopic (exact) mass is 387 g/mol. The normalized spacial score (nSPS) is 23.4. The number of aliphatic carboxylic acids is 1. The lowest BCUT2D eigenvalue weighted by atomic mass is 9.63. The van der Waals surface area contributed by atoms with Crippen molar-refractivity contribution in [3.63, 3.8) is 0 Å². The molecule has 1 heterocycles. The molecule has 0 amide bonds. The lowest BCUT2D eigenvalue weighted by Gasteiger charge is -2.40. The summed E-state index contributed by atoms with van der Waals surface area (Å²) in [5.41, 5.74) is 4.44. The molecule has 0 radical (unpaired) electrons. The summed E-state index contributed by atoms with van der Waals surface area (Å²) in [6, 6.07) is 18.0. The molecule has 2 aromatic rings. The maximum absolute atomic E-state index is 13.1. The first-order valence-electron chi connectivity index (χ1n) is 9.96.